The first-order valence-corrected chi connectivity index (χ1v) is 13.7. The Balaban J connectivity index is 1.78. The molecule has 3 aliphatic rings. The summed E-state index contributed by atoms with van der Waals surface area (Å²) < 4.78 is -0.841. The molecule has 36 heavy (non-hydrogen) atoms. The molecule has 3 unspecified atom stereocenters. The van der Waals surface area contributed by atoms with Crippen LogP contribution in [-0.4, -0.2) is 81.2 Å². The Morgan fingerprint density at radius 1 is 1.25 bits per heavy atom. The minimum absolute atomic E-state index is 0.0162. The molecule has 1 aromatic rings. The molecule has 1 spiro atoms. The summed E-state index contributed by atoms with van der Waals surface area (Å²) in [7, 11) is 0. The van der Waals surface area contributed by atoms with E-state index in [9.17, 15) is 24.6 Å². The van der Waals surface area contributed by atoms with Gasteiger partial charge in [0.1, 0.15) is 6.04 Å². The number of carboxylic acids is 1. The van der Waals surface area contributed by atoms with Gasteiger partial charge >= 0.3 is 5.97 Å². The van der Waals surface area contributed by atoms with Crippen molar-refractivity contribution in [1.29, 1.82) is 0 Å². The highest BCUT2D eigenvalue weighted by molar-refractivity contribution is 8.02. The van der Waals surface area contributed by atoms with Crippen molar-refractivity contribution >= 4 is 40.9 Å². The second-order valence-electron chi connectivity index (χ2n) is 10.1. The molecule has 3 aliphatic heterocycles. The monoisotopic (exact) mass is 515 g/mol. The number of carbonyl (C=O) groups excluding carboxylic acids is 2. The molecule has 4 rings (SSSR count). The molecule has 0 aromatic heterocycles. The number of carbonyl (C=O) groups is 3. The second-order valence-corrected chi connectivity index (χ2v) is 11.6. The average Bonchev–Trinajstić information content (AvgIpc) is 3.46. The first-order chi connectivity index (χ1) is 17.2. The number of likely N-dealkylation sites (tertiary alicyclic amines) is 1. The Morgan fingerprint density at radius 2 is 1.86 bits per heavy atom. The zero-order chi connectivity index (χ0) is 26.4. The van der Waals surface area contributed by atoms with E-state index in [1.54, 1.807) is 17.9 Å². The highest BCUT2D eigenvalue weighted by Gasteiger charge is 2.76. The number of aliphatic hydroxyl groups is 1. The minimum Gasteiger partial charge on any atom is -0.481 e. The van der Waals surface area contributed by atoms with Crippen LogP contribution < -0.4 is 9.80 Å². The van der Waals surface area contributed by atoms with Gasteiger partial charge in [0.25, 0.3) is 5.91 Å². The lowest BCUT2D eigenvalue weighted by Gasteiger charge is -2.41. The molecule has 2 amide bonds. The Kier molecular flexibility index (Phi) is 7.44. The lowest BCUT2D eigenvalue weighted by atomic mass is 9.66. The van der Waals surface area contributed by atoms with E-state index in [4.69, 9.17) is 0 Å². The summed E-state index contributed by atoms with van der Waals surface area (Å²) in [4.78, 5) is 45.8. The maximum Gasteiger partial charge on any atom is 0.308 e. The molecule has 2 N–H and O–H groups in total. The van der Waals surface area contributed by atoms with Crippen molar-refractivity contribution in [2.24, 2.45) is 17.8 Å². The Morgan fingerprint density at radius 3 is 2.39 bits per heavy atom. The van der Waals surface area contributed by atoms with E-state index < -0.39 is 34.6 Å². The van der Waals surface area contributed by atoms with Gasteiger partial charge in [-0.2, -0.15) is 0 Å². The van der Waals surface area contributed by atoms with Crippen molar-refractivity contribution in [2.75, 3.05) is 36.0 Å². The SMILES string of the molecule is C=CCN(C(=O)C1N([C@H](C)CO)C(=O)[C@@H]2[C@@H](C(=O)O)[C@H]3CC(C)C12S3)c1ccc(N(CC)CC)cc1. The summed E-state index contributed by atoms with van der Waals surface area (Å²) in [5.41, 5.74) is 1.75. The molecule has 2 bridgehead atoms. The molecular weight excluding hydrogens is 478 g/mol. The summed E-state index contributed by atoms with van der Waals surface area (Å²) in [6, 6.07) is 6.31. The van der Waals surface area contributed by atoms with Crippen LogP contribution >= 0.6 is 11.8 Å². The Hall–Kier alpha value is -2.52. The molecule has 3 heterocycles. The van der Waals surface area contributed by atoms with Crippen molar-refractivity contribution < 1.29 is 24.6 Å². The number of carboxylic acid groups (broad SMARTS) is 1. The van der Waals surface area contributed by atoms with E-state index >= 15 is 0 Å². The summed E-state index contributed by atoms with van der Waals surface area (Å²) in [6.07, 6.45) is 2.31. The molecular formula is C27H37N3O5S. The largest absolute Gasteiger partial charge is 0.481 e. The van der Waals surface area contributed by atoms with Gasteiger partial charge in [-0.1, -0.05) is 13.0 Å². The number of hydrogen-bond donors (Lipinski definition) is 2. The van der Waals surface area contributed by atoms with Crippen molar-refractivity contribution in [3.8, 4) is 0 Å². The molecule has 0 radical (unpaired) electrons. The van der Waals surface area contributed by atoms with Gasteiger partial charge in [-0.25, -0.2) is 0 Å². The normalized spacial score (nSPS) is 31.3. The fraction of sp³-hybridized carbons (Fsp3) is 0.593. The predicted molar refractivity (Wildman–Crippen MR) is 142 cm³/mol. The van der Waals surface area contributed by atoms with E-state index in [1.165, 1.54) is 16.7 Å². The van der Waals surface area contributed by atoms with Crippen LogP contribution in [0.1, 0.15) is 34.1 Å². The second kappa shape index (κ2) is 10.1. The third-order valence-corrected chi connectivity index (χ3v) is 10.4. The van der Waals surface area contributed by atoms with Crippen LogP contribution in [0.4, 0.5) is 11.4 Å². The zero-order valence-corrected chi connectivity index (χ0v) is 22.3. The fourth-order valence-corrected chi connectivity index (χ4v) is 9.01. The summed E-state index contributed by atoms with van der Waals surface area (Å²) in [6.45, 7) is 13.5. The molecule has 196 valence electrons. The Bertz CT molecular complexity index is 1030. The molecule has 7 atom stereocenters. The van der Waals surface area contributed by atoms with Crippen molar-refractivity contribution in [3.05, 3.63) is 36.9 Å². The fourth-order valence-electron chi connectivity index (χ4n) is 6.61. The molecule has 3 saturated heterocycles. The standard InChI is InChI=1S/C27H37N3O5S/c1-6-13-29(19-11-9-18(10-12-19)28(7-2)8-3)25(33)23-27-16(4)14-20(36-27)21(26(34)35)22(27)24(32)30(23)17(5)15-31/h6,9-12,16-17,20-23,31H,1,7-8,13-15H2,2-5H3,(H,34,35)/t16?,17-,20-,21+,22+,23?,27?/m1/s1. The van der Waals surface area contributed by atoms with Crippen LogP contribution in [0.5, 0.6) is 0 Å². The molecule has 8 nitrogen and oxygen atoms in total. The number of hydrogen-bond acceptors (Lipinski definition) is 6. The highest BCUT2D eigenvalue weighted by atomic mass is 32.2. The lowest BCUT2D eigenvalue weighted by molar-refractivity contribution is -0.149. The first kappa shape index (κ1) is 26.5. The van der Waals surface area contributed by atoms with Gasteiger partial charge in [0.05, 0.1) is 29.2 Å². The van der Waals surface area contributed by atoms with E-state index in [1.807, 2.05) is 31.2 Å². The first-order valence-electron chi connectivity index (χ1n) is 12.8. The number of fused-ring (bicyclic) bond motifs is 1. The number of thioether (sulfide) groups is 1. The van der Waals surface area contributed by atoms with Crippen molar-refractivity contribution in [3.63, 3.8) is 0 Å². The molecule has 3 fully saturated rings. The van der Waals surface area contributed by atoms with Gasteiger partial charge in [-0.15, -0.1) is 18.3 Å². The van der Waals surface area contributed by atoms with Gasteiger partial charge in [0.2, 0.25) is 5.91 Å². The van der Waals surface area contributed by atoms with Crippen LogP contribution in [-0.2, 0) is 14.4 Å². The number of rotatable bonds is 10. The molecule has 0 saturated carbocycles. The predicted octanol–water partition coefficient (Wildman–Crippen LogP) is 2.85. The third kappa shape index (κ3) is 3.82. The van der Waals surface area contributed by atoms with Gasteiger partial charge < -0.3 is 24.9 Å². The van der Waals surface area contributed by atoms with Crippen LogP contribution in [0.25, 0.3) is 0 Å². The van der Waals surface area contributed by atoms with Crippen LogP contribution in [0, 0.1) is 17.8 Å². The van der Waals surface area contributed by atoms with Crippen molar-refractivity contribution in [2.45, 2.75) is 56.2 Å². The number of nitrogens with zero attached hydrogens (tertiary/aromatic N) is 3. The molecule has 0 aliphatic carbocycles. The zero-order valence-electron chi connectivity index (χ0n) is 21.5. The number of amides is 2. The lowest BCUT2D eigenvalue weighted by Crippen LogP contribution is -2.59. The van der Waals surface area contributed by atoms with E-state index in [0.29, 0.717) is 12.1 Å². The minimum atomic E-state index is -0.987. The summed E-state index contributed by atoms with van der Waals surface area (Å²) in [5, 5.41) is 19.8. The quantitative estimate of drug-likeness (QED) is 0.462. The average molecular weight is 516 g/mol. The number of aliphatic hydroxyl groups excluding tert-OH is 1. The van der Waals surface area contributed by atoms with E-state index in [-0.39, 0.29) is 36.1 Å². The maximum atomic E-state index is 14.4. The third-order valence-electron chi connectivity index (χ3n) is 8.31. The number of benzene rings is 1. The van der Waals surface area contributed by atoms with Crippen molar-refractivity contribution in [1.82, 2.24) is 4.90 Å². The van der Waals surface area contributed by atoms with E-state index in [0.717, 1.165) is 18.8 Å². The van der Waals surface area contributed by atoms with Crippen LogP contribution in [0.2, 0.25) is 0 Å². The van der Waals surface area contributed by atoms with Crippen LogP contribution in [0.3, 0.4) is 0 Å². The van der Waals surface area contributed by atoms with Crippen LogP contribution in [0.15, 0.2) is 36.9 Å². The van der Waals surface area contributed by atoms with Gasteiger partial charge in [-0.05, 0) is 57.4 Å². The highest BCUT2D eigenvalue weighted by Crippen LogP contribution is 2.68. The van der Waals surface area contributed by atoms with Gasteiger partial charge in [-0.3, -0.25) is 14.4 Å². The van der Waals surface area contributed by atoms with Gasteiger partial charge in [0.15, 0.2) is 0 Å². The molecule has 9 heteroatoms. The smallest absolute Gasteiger partial charge is 0.308 e. The summed E-state index contributed by atoms with van der Waals surface area (Å²) >= 11 is 1.50. The van der Waals surface area contributed by atoms with Gasteiger partial charge in [0, 0.05) is 36.3 Å². The topological polar surface area (TPSA) is 101 Å². The maximum absolute atomic E-state index is 14.4. The number of anilines is 2. The van der Waals surface area contributed by atoms with E-state index in [2.05, 4.69) is 25.3 Å². The Labute approximate surface area is 217 Å². The molecule has 1 aromatic carbocycles. The summed E-state index contributed by atoms with van der Waals surface area (Å²) in [5.74, 6) is -3.21. The number of aliphatic carboxylic acids is 1.